The van der Waals surface area contributed by atoms with Gasteiger partial charge >= 0.3 is 0 Å². The van der Waals surface area contributed by atoms with Crippen molar-refractivity contribution in [3.63, 3.8) is 0 Å². The molecule has 2 aromatic rings. The van der Waals surface area contributed by atoms with Gasteiger partial charge < -0.3 is 10.2 Å². The number of aromatic nitrogens is 2. The Morgan fingerprint density at radius 3 is 2.67 bits per heavy atom. The van der Waals surface area contributed by atoms with E-state index in [0.29, 0.717) is 13.0 Å². The van der Waals surface area contributed by atoms with Crippen molar-refractivity contribution in [2.75, 3.05) is 24.5 Å². The van der Waals surface area contributed by atoms with Crippen LogP contribution in [0.2, 0.25) is 0 Å². The highest BCUT2D eigenvalue weighted by Crippen LogP contribution is 2.27. The third kappa shape index (κ3) is 4.08. The first kappa shape index (κ1) is 16.8. The lowest BCUT2D eigenvalue weighted by molar-refractivity contribution is -0.125. The minimum Gasteiger partial charge on any atom is -0.356 e. The Morgan fingerprint density at radius 2 is 2.00 bits per heavy atom. The zero-order valence-electron chi connectivity index (χ0n) is 13.7. The highest BCUT2D eigenvalue weighted by Gasteiger charge is 2.26. The summed E-state index contributed by atoms with van der Waals surface area (Å²) in [6.07, 6.45) is 2.35. The molecule has 0 spiro atoms. The maximum atomic E-state index is 12.9. The molecule has 128 valence electrons. The number of nitrogens with zero attached hydrogens (tertiary/aromatic N) is 3. The van der Waals surface area contributed by atoms with Gasteiger partial charge in [-0.25, -0.2) is 4.39 Å². The third-order valence-corrected chi connectivity index (χ3v) is 5.20. The number of amides is 1. The molecule has 0 atom stereocenters. The van der Waals surface area contributed by atoms with E-state index in [9.17, 15) is 9.18 Å². The molecule has 2 heterocycles. The number of rotatable bonds is 5. The van der Waals surface area contributed by atoms with Crippen LogP contribution in [0.15, 0.2) is 24.3 Å². The van der Waals surface area contributed by atoms with Crippen molar-refractivity contribution in [2.24, 2.45) is 5.92 Å². The molecular weight excluding hydrogens is 327 g/mol. The molecule has 0 aliphatic carbocycles. The van der Waals surface area contributed by atoms with Crippen LogP contribution in [0.4, 0.5) is 9.52 Å². The smallest absolute Gasteiger partial charge is 0.223 e. The van der Waals surface area contributed by atoms with Crippen LogP contribution in [0.25, 0.3) is 0 Å². The number of benzene rings is 1. The van der Waals surface area contributed by atoms with Gasteiger partial charge in [0, 0.05) is 32.0 Å². The summed E-state index contributed by atoms with van der Waals surface area (Å²) in [5.41, 5.74) is 1.02. The van der Waals surface area contributed by atoms with Gasteiger partial charge in [0.2, 0.25) is 11.0 Å². The largest absolute Gasteiger partial charge is 0.356 e. The zero-order chi connectivity index (χ0) is 16.9. The Labute approximate surface area is 144 Å². The topological polar surface area (TPSA) is 58.1 Å². The van der Waals surface area contributed by atoms with Crippen molar-refractivity contribution in [3.05, 3.63) is 40.7 Å². The second-order valence-electron chi connectivity index (χ2n) is 5.94. The van der Waals surface area contributed by atoms with Gasteiger partial charge in [-0.1, -0.05) is 23.5 Å². The number of piperidine rings is 1. The van der Waals surface area contributed by atoms with Crippen LogP contribution in [0.1, 0.15) is 30.3 Å². The lowest BCUT2D eigenvalue weighted by Crippen LogP contribution is -2.40. The molecular formula is C17H21FN4OS. The normalized spacial score (nSPS) is 15.5. The molecule has 1 saturated heterocycles. The number of nitrogens with one attached hydrogen (secondary N) is 1. The van der Waals surface area contributed by atoms with Crippen LogP contribution >= 0.6 is 11.3 Å². The van der Waals surface area contributed by atoms with Gasteiger partial charge in [-0.3, -0.25) is 4.79 Å². The van der Waals surface area contributed by atoms with E-state index in [1.54, 1.807) is 23.5 Å². The maximum Gasteiger partial charge on any atom is 0.223 e. The number of carbonyl (C=O) groups is 1. The molecule has 1 fully saturated rings. The van der Waals surface area contributed by atoms with E-state index in [2.05, 4.69) is 20.4 Å². The van der Waals surface area contributed by atoms with E-state index in [4.69, 9.17) is 0 Å². The zero-order valence-corrected chi connectivity index (χ0v) is 14.5. The molecule has 0 radical (unpaired) electrons. The second kappa shape index (κ2) is 7.70. The van der Waals surface area contributed by atoms with Crippen molar-refractivity contribution in [1.82, 2.24) is 15.5 Å². The molecule has 1 aromatic heterocycles. The van der Waals surface area contributed by atoms with E-state index in [1.807, 2.05) is 6.92 Å². The van der Waals surface area contributed by atoms with Gasteiger partial charge in [-0.15, -0.1) is 10.2 Å². The fraction of sp³-hybridized carbons (Fsp3) is 0.471. The lowest BCUT2D eigenvalue weighted by Gasteiger charge is -2.30. The summed E-state index contributed by atoms with van der Waals surface area (Å²) >= 11 is 1.57. The maximum absolute atomic E-state index is 12.9. The molecule has 0 bridgehead atoms. The summed E-state index contributed by atoms with van der Waals surface area (Å²) in [4.78, 5) is 14.1. The first-order valence-electron chi connectivity index (χ1n) is 8.25. The molecule has 0 unspecified atom stereocenters. The number of hydrogen-bond acceptors (Lipinski definition) is 5. The van der Waals surface area contributed by atoms with Gasteiger partial charge in [-0.2, -0.15) is 0 Å². The summed E-state index contributed by atoms with van der Waals surface area (Å²) in [5.74, 6) is 0.0332. The number of anilines is 1. The van der Waals surface area contributed by atoms with E-state index in [1.165, 1.54) is 12.1 Å². The molecule has 1 amide bonds. The highest BCUT2D eigenvalue weighted by atomic mass is 32.1. The van der Waals surface area contributed by atoms with Gasteiger partial charge in [0.25, 0.3) is 0 Å². The molecule has 1 aliphatic rings. The van der Waals surface area contributed by atoms with Gasteiger partial charge in [0.1, 0.15) is 10.8 Å². The van der Waals surface area contributed by atoms with E-state index < -0.39 is 0 Å². The lowest BCUT2D eigenvalue weighted by atomic mass is 9.96. The van der Waals surface area contributed by atoms with Crippen LogP contribution in [0.5, 0.6) is 0 Å². The quantitative estimate of drug-likeness (QED) is 0.902. The standard InChI is InChI=1S/C17H21FN4OS/c1-2-19-16(23)13-7-9-22(10-8-13)17-21-20-15(24-17)11-12-3-5-14(18)6-4-12/h3-6,13H,2,7-11H2,1H3,(H,19,23). The Morgan fingerprint density at radius 1 is 1.29 bits per heavy atom. The van der Waals surface area contributed by atoms with Crippen LogP contribution in [0.3, 0.4) is 0 Å². The molecule has 24 heavy (non-hydrogen) atoms. The van der Waals surface area contributed by atoms with Gasteiger partial charge in [-0.05, 0) is 37.5 Å². The molecule has 1 N–H and O–H groups in total. The average Bonchev–Trinajstić information content (AvgIpc) is 3.06. The summed E-state index contributed by atoms with van der Waals surface area (Å²) in [6, 6.07) is 6.47. The predicted molar refractivity (Wildman–Crippen MR) is 92.7 cm³/mol. The fourth-order valence-electron chi connectivity index (χ4n) is 2.87. The highest BCUT2D eigenvalue weighted by molar-refractivity contribution is 7.15. The molecule has 7 heteroatoms. The van der Waals surface area contributed by atoms with E-state index >= 15 is 0 Å². The summed E-state index contributed by atoms with van der Waals surface area (Å²) in [7, 11) is 0. The molecule has 5 nitrogen and oxygen atoms in total. The van der Waals surface area contributed by atoms with E-state index in [-0.39, 0.29) is 17.6 Å². The Kier molecular flexibility index (Phi) is 5.40. The third-order valence-electron chi connectivity index (χ3n) is 4.21. The first-order valence-corrected chi connectivity index (χ1v) is 9.07. The molecule has 3 rings (SSSR count). The molecule has 0 saturated carbocycles. The van der Waals surface area contributed by atoms with Crippen LogP contribution in [-0.4, -0.2) is 35.7 Å². The monoisotopic (exact) mass is 348 g/mol. The van der Waals surface area contributed by atoms with Crippen LogP contribution in [0, 0.1) is 11.7 Å². The summed E-state index contributed by atoms with van der Waals surface area (Å²) < 4.78 is 12.9. The minimum atomic E-state index is -0.230. The summed E-state index contributed by atoms with van der Waals surface area (Å²) in [6.45, 7) is 4.28. The number of halogens is 1. The summed E-state index contributed by atoms with van der Waals surface area (Å²) in [5, 5.41) is 13.2. The predicted octanol–water partition coefficient (Wildman–Crippen LogP) is 2.62. The number of carbonyl (C=O) groups excluding carboxylic acids is 1. The van der Waals surface area contributed by atoms with Crippen molar-refractivity contribution in [2.45, 2.75) is 26.2 Å². The Hall–Kier alpha value is -2.02. The van der Waals surface area contributed by atoms with Gasteiger partial charge in [0.15, 0.2) is 0 Å². The van der Waals surface area contributed by atoms with Crippen LogP contribution < -0.4 is 10.2 Å². The first-order chi connectivity index (χ1) is 11.7. The van der Waals surface area contributed by atoms with Gasteiger partial charge in [0.05, 0.1) is 0 Å². The molecule has 1 aromatic carbocycles. The second-order valence-corrected chi connectivity index (χ2v) is 6.98. The average molecular weight is 348 g/mol. The Balaban J connectivity index is 1.56. The minimum absolute atomic E-state index is 0.104. The van der Waals surface area contributed by atoms with Crippen molar-refractivity contribution < 1.29 is 9.18 Å². The van der Waals surface area contributed by atoms with Crippen molar-refractivity contribution in [3.8, 4) is 0 Å². The van der Waals surface area contributed by atoms with Crippen molar-refractivity contribution in [1.29, 1.82) is 0 Å². The number of hydrogen-bond donors (Lipinski definition) is 1. The Bertz CT molecular complexity index is 680. The van der Waals surface area contributed by atoms with E-state index in [0.717, 1.165) is 41.6 Å². The fourth-order valence-corrected chi connectivity index (χ4v) is 3.80. The van der Waals surface area contributed by atoms with Crippen LogP contribution in [-0.2, 0) is 11.2 Å². The SMILES string of the molecule is CCNC(=O)C1CCN(c2nnc(Cc3ccc(F)cc3)s2)CC1. The van der Waals surface area contributed by atoms with Crippen molar-refractivity contribution >= 4 is 22.4 Å². The molecule has 1 aliphatic heterocycles.